The third-order valence-corrected chi connectivity index (χ3v) is 3.72. The number of carbonyl (C=O) groups is 1. The van der Waals surface area contributed by atoms with E-state index in [1.54, 1.807) is 6.20 Å². The third-order valence-electron chi connectivity index (χ3n) is 3.72. The quantitative estimate of drug-likeness (QED) is 0.717. The topological polar surface area (TPSA) is 54.0 Å². The van der Waals surface area contributed by atoms with Crippen molar-refractivity contribution < 1.29 is 4.79 Å². The molecular formula is C17H13N3O. The van der Waals surface area contributed by atoms with Crippen molar-refractivity contribution in [3.63, 3.8) is 0 Å². The number of amides is 1. The Morgan fingerprint density at radius 2 is 1.76 bits per heavy atom. The minimum Gasteiger partial charge on any atom is -0.361 e. The summed E-state index contributed by atoms with van der Waals surface area (Å²) in [6.45, 7) is 0. The van der Waals surface area contributed by atoms with E-state index in [9.17, 15) is 4.79 Å². The van der Waals surface area contributed by atoms with Crippen LogP contribution in [0.4, 0.5) is 5.69 Å². The molecule has 2 N–H and O–H groups in total. The summed E-state index contributed by atoms with van der Waals surface area (Å²) in [4.78, 5) is 16.7. The molecule has 0 spiro atoms. The second kappa shape index (κ2) is 4.59. The Morgan fingerprint density at radius 1 is 0.905 bits per heavy atom. The predicted molar refractivity (Wildman–Crippen MR) is 82.0 cm³/mol. The summed E-state index contributed by atoms with van der Waals surface area (Å²) in [6.07, 6.45) is 1.50. The first kappa shape index (κ1) is 11.9. The Bertz CT molecular complexity index is 839. The van der Waals surface area contributed by atoms with Crippen LogP contribution in [-0.4, -0.2) is 10.9 Å². The average Bonchev–Trinajstić information content (AvgIpc) is 2.54. The highest BCUT2D eigenvalue weighted by Crippen LogP contribution is 2.29. The minimum atomic E-state index is -0.272. The number of rotatable bonds is 1. The standard InChI is InChI=1S/C17H13N3O/c21-17-12-7-1-2-9-14(12)19-16(20-17)13-8-3-5-11-6-4-10-18-15(11)13/h1-10,16,19H,(H,20,21)/t16-/m0/s1. The van der Waals surface area contributed by atoms with Crippen molar-refractivity contribution >= 4 is 22.5 Å². The molecule has 0 fully saturated rings. The van der Waals surface area contributed by atoms with Gasteiger partial charge in [-0.15, -0.1) is 0 Å². The summed E-state index contributed by atoms with van der Waals surface area (Å²) in [7, 11) is 0. The maximum Gasteiger partial charge on any atom is 0.255 e. The Kier molecular flexibility index (Phi) is 2.60. The number of hydrogen-bond acceptors (Lipinski definition) is 3. The highest BCUT2D eigenvalue weighted by molar-refractivity contribution is 6.02. The van der Waals surface area contributed by atoms with Gasteiger partial charge in [0.05, 0.1) is 11.1 Å². The van der Waals surface area contributed by atoms with Crippen molar-refractivity contribution in [1.29, 1.82) is 0 Å². The largest absolute Gasteiger partial charge is 0.361 e. The number of fused-ring (bicyclic) bond motifs is 2. The lowest BCUT2D eigenvalue weighted by molar-refractivity contribution is 0.0936. The predicted octanol–water partition coefficient (Wildman–Crippen LogP) is 3.09. The van der Waals surface area contributed by atoms with Gasteiger partial charge >= 0.3 is 0 Å². The molecule has 0 aliphatic carbocycles. The summed E-state index contributed by atoms with van der Waals surface area (Å²) < 4.78 is 0. The number of hydrogen-bond donors (Lipinski definition) is 2. The number of pyridine rings is 1. The molecular weight excluding hydrogens is 262 g/mol. The van der Waals surface area contributed by atoms with Crippen molar-refractivity contribution in [2.75, 3.05) is 5.32 Å². The highest BCUT2D eigenvalue weighted by Gasteiger charge is 2.25. The molecule has 1 atom stereocenters. The van der Waals surface area contributed by atoms with Crippen molar-refractivity contribution in [2.24, 2.45) is 0 Å². The zero-order valence-corrected chi connectivity index (χ0v) is 11.2. The van der Waals surface area contributed by atoms with Crippen LogP contribution < -0.4 is 10.6 Å². The fourth-order valence-electron chi connectivity index (χ4n) is 2.72. The summed E-state index contributed by atoms with van der Waals surface area (Å²) in [6, 6.07) is 17.4. The van der Waals surface area contributed by atoms with Gasteiger partial charge in [-0.05, 0) is 18.2 Å². The van der Waals surface area contributed by atoms with E-state index in [1.807, 2.05) is 54.6 Å². The molecule has 1 aliphatic heterocycles. The van der Waals surface area contributed by atoms with E-state index in [1.165, 1.54) is 0 Å². The van der Waals surface area contributed by atoms with Gasteiger partial charge < -0.3 is 10.6 Å². The first-order valence-electron chi connectivity index (χ1n) is 6.83. The van der Waals surface area contributed by atoms with Gasteiger partial charge in [-0.1, -0.05) is 36.4 Å². The molecule has 102 valence electrons. The van der Waals surface area contributed by atoms with Crippen LogP contribution in [0, 0.1) is 0 Å². The molecule has 0 radical (unpaired) electrons. The van der Waals surface area contributed by atoms with Crippen molar-refractivity contribution in [3.05, 3.63) is 71.9 Å². The van der Waals surface area contributed by atoms with Crippen molar-refractivity contribution in [1.82, 2.24) is 10.3 Å². The molecule has 4 rings (SSSR count). The molecule has 1 aliphatic rings. The van der Waals surface area contributed by atoms with Gasteiger partial charge in [0, 0.05) is 22.8 Å². The van der Waals surface area contributed by atoms with Crippen molar-refractivity contribution in [3.8, 4) is 0 Å². The summed E-state index contributed by atoms with van der Waals surface area (Å²) in [5.41, 5.74) is 3.38. The number of para-hydroxylation sites is 2. The lowest BCUT2D eigenvalue weighted by Gasteiger charge is -2.28. The summed E-state index contributed by atoms with van der Waals surface area (Å²) >= 11 is 0. The van der Waals surface area contributed by atoms with E-state index in [-0.39, 0.29) is 12.1 Å². The lowest BCUT2D eigenvalue weighted by atomic mass is 10.0. The van der Waals surface area contributed by atoms with E-state index in [2.05, 4.69) is 15.6 Å². The molecule has 0 saturated heterocycles. The monoisotopic (exact) mass is 275 g/mol. The van der Waals surface area contributed by atoms with Gasteiger partial charge in [-0.25, -0.2) is 0 Å². The van der Waals surface area contributed by atoms with Crippen LogP contribution in [0.5, 0.6) is 0 Å². The minimum absolute atomic E-state index is 0.0673. The molecule has 4 heteroatoms. The number of aromatic nitrogens is 1. The van der Waals surface area contributed by atoms with E-state index in [0.29, 0.717) is 5.56 Å². The summed E-state index contributed by atoms with van der Waals surface area (Å²) in [5.74, 6) is -0.0673. The second-order valence-corrected chi connectivity index (χ2v) is 5.02. The summed E-state index contributed by atoms with van der Waals surface area (Å²) in [5, 5.41) is 7.41. The SMILES string of the molecule is O=C1N[C@@H](c2cccc3cccnc23)Nc2ccccc21. The van der Waals surface area contributed by atoms with Gasteiger partial charge in [0.15, 0.2) is 0 Å². The van der Waals surface area contributed by atoms with E-state index < -0.39 is 0 Å². The van der Waals surface area contributed by atoms with Crippen LogP contribution in [0.25, 0.3) is 10.9 Å². The molecule has 0 unspecified atom stereocenters. The normalized spacial score (nSPS) is 17.0. The number of nitrogens with one attached hydrogen (secondary N) is 2. The molecule has 3 aromatic rings. The Morgan fingerprint density at radius 3 is 2.71 bits per heavy atom. The molecule has 0 saturated carbocycles. The zero-order valence-electron chi connectivity index (χ0n) is 11.2. The molecule has 0 bridgehead atoms. The average molecular weight is 275 g/mol. The number of carbonyl (C=O) groups excluding carboxylic acids is 1. The number of anilines is 1. The van der Waals surface area contributed by atoms with E-state index in [0.717, 1.165) is 22.2 Å². The van der Waals surface area contributed by atoms with Gasteiger partial charge in [0.1, 0.15) is 6.17 Å². The first-order chi connectivity index (χ1) is 10.3. The van der Waals surface area contributed by atoms with Crippen LogP contribution in [0.15, 0.2) is 60.8 Å². The Balaban J connectivity index is 1.83. The fraction of sp³-hybridized carbons (Fsp3) is 0.0588. The van der Waals surface area contributed by atoms with Crippen LogP contribution >= 0.6 is 0 Å². The molecule has 1 amide bonds. The highest BCUT2D eigenvalue weighted by atomic mass is 16.2. The third kappa shape index (κ3) is 1.92. The van der Waals surface area contributed by atoms with Gasteiger partial charge in [-0.3, -0.25) is 9.78 Å². The molecule has 2 heterocycles. The maximum absolute atomic E-state index is 12.2. The number of benzene rings is 2. The van der Waals surface area contributed by atoms with Crippen LogP contribution in [-0.2, 0) is 0 Å². The van der Waals surface area contributed by atoms with E-state index >= 15 is 0 Å². The Labute approximate surface area is 121 Å². The molecule has 4 nitrogen and oxygen atoms in total. The van der Waals surface area contributed by atoms with Crippen LogP contribution in [0.1, 0.15) is 22.1 Å². The second-order valence-electron chi connectivity index (χ2n) is 5.02. The van der Waals surface area contributed by atoms with Crippen LogP contribution in [0.2, 0.25) is 0 Å². The zero-order chi connectivity index (χ0) is 14.2. The molecule has 1 aromatic heterocycles. The first-order valence-corrected chi connectivity index (χ1v) is 6.83. The Hall–Kier alpha value is -2.88. The van der Waals surface area contributed by atoms with Crippen LogP contribution in [0.3, 0.4) is 0 Å². The maximum atomic E-state index is 12.2. The lowest BCUT2D eigenvalue weighted by Crippen LogP contribution is -2.38. The van der Waals surface area contributed by atoms with Gasteiger partial charge in [-0.2, -0.15) is 0 Å². The van der Waals surface area contributed by atoms with Crippen molar-refractivity contribution in [2.45, 2.75) is 6.17 Å². The smallest absolute Gasteiger partial charge is 0.255 e. The van der Waals surface area contributed by atoms with Gasteiger partial charge in [0.25, 0.3) is 5.91 Å². The fourth-order valence-corrected chi connectivity index (χ4v) is 2.72. The molecule has 21 heavy (non-hydrogen) atoms. The number of nitrogens with zero attached hydrogens (tertiary/aromatic N) is 1. The van der Waals surface area contributed by atoms with Gasteiger partial charge in [0.2, 0.25) is 0 Å². The molecule has 2 aromatic carbocycles. The van der Waals surface area contributed by atoms with E-state index in [4.69, 9.17) is 0 Å².